The first-order chi connectivity index (χ1) is 7.20. The zero-order chi connectivity index (χ0) is 10.8. The van der Waals surface area contributed by atoms with Crippen molar-refractivity contribution in [2.24, 2.45) is 5.92 Å². The summed E-state index contributed by atoms with van der Waals surface area (Å²) in [4.78, 5) is 13.3. The third kappa shape index (κ3) is 2.49. The zero-order valence-corrected chi connectivity index (χ0v) is 9.19. The number of rotatable bonds is 4. The third-order valence-electron chi connectivity index (χ3n) is 3.53. The van der Waals surface area contributed by atoms with E-state index in [4.69, 9.17) is 4.74 Å². The molecule has 0 aromatic heterocycles. The van der Waals surface area contributed by atoms with Crippen LogP contribution in [0.25, 0.3) is 0 Å². The Balaban J connectivity index is 2.00. The number of hydrogen-bond acceptors (Lipinski definition) is 3. The van der Waals surface area contributed by atoms with Gasteiger partial charge in [0, 0.05) is 19.3 Å². The largest absolute Gasteiger partial charge is 0.480 e. The minimum atomic E-state index is -0.670. The van der Waals surface area contributed by atoms with E-state index in [1.54, 1.807) is 0 Å². The average molecular weight is 213 g/mol. The maximum Gasteiger partial charge on any atom is 0.321 e. The molecule has 0 aromatic rings. The Hall–Kier alpha value is -0.610. The number of carboxylic acids is 1. The van der Waals surface area contributed by atoms with Gasteiger partial charge in [-0.2, -0.15) is 0 Å². The molecule has 15 heavy (non-hydrogen) atoms. The highest BCUT2D eigenvalue weighted by atomic mass is 16.5. The Labute approximate surface area is 90.2 Å². The van der Waals surface area contributed by atoms with E-state index in [9.17, 15) is 9.90 Å². The van der Waals surface area contributed by atoms with Gasteiger partial charge in [0.1, 0.15) is 6.04 Å². The lowest BCUT2D eigenvalue weighted by Crippen LogP contribution is -2.46. The number of ether oxygens (including phenoxy) is 1. The van der Waals surface area contributed by atoms with Crippen molar-refractivity contribution >= 4 is 5.97 Å². The zero-order valence-electron chi connectivity index (χ0n) is 9.19. The molecule has 2 rings (SSSR count). The smallest absolute Gasteiger partial charge is 0.321 e. The van der Waals surface area contributed by atoms with Crippen LogP contribution in [-0.2, 0) is 9.53 Å². The fourth-order valence-corrected chi connectivity index (χ4v) is 2.45. The Morgan fingerprint density at radius 3 is 2.40 bits per heavy atom. The van der Waals surface area contributed by atoms with Crippen molar-refractivity contribution in [3.63, 3.8) is 0 Å². The summed E-state index contributed by atoms with van der Waals surface area (Å²) < 4.78 is 5.27. The predicted molar refractivity (Wildman–Crippen MR) is 55.8 cm³/mol. The molecule has 0 spiro atoms. The van der Waals surface area contributed by atoms with Gasteiger partial charge in [-0.1, -0.05) is 0 Å². The molecular weight excluding hydrogens is 194 g/mol. The molecule has 1 atom stereocenters. The minimum Gasteiger partial charge on any atom is -0.480 e. The first-order valence-corrected chi connectivity index (χ1v) is 5.72. The topological polar surface area (TPSA) is 49.8 Å². The third-order valence-corrected chi connectivity index (χ3v) is 3.53. The van der Waals surface area contributed by atoms with E-state index in [1.165, 1.54) is 0 Å². The molecule has 1 unspecified atom stereocenters. The SMILES string of the molecule is CN(C1CC1)C(C(=O)O)C1CCOCC1. The summed E-state index contributed by atoms with van der Waals surface area (Å²) in [6, 6.07) is 0.204. The van der Waals surface area contributed by atoms with Crippen molar-refractivity contribution in [1.82, 2.24) is 4.90 Å². The number of likely N-dealkylation sites (N-methyl/N-ethyl adjacent to an activating group) is 1. The van der Waals surface area contributed by atoms with Crippen molar-refractivity contribution in [1.29, 1.82) is 0 Å². The summed E-state index contributed by atoms with van der Waals surface area (Å²) in [5.41, 5.74) is 0. The lowest BCUT2D eigenvalue weighted by molar-refractivity contribution is -0.146. The molecule has 0 aromatic carbocycles. The Morgan fingerprint density at radius 1 is 1.33 bits per heavy atom. The van der Waals surface area contributed by atoms with Gasteiger partial charge in [0.25, 0.3) is 0 Å². The second-order valence-corrected chi connectivity index (χ2v) is 4.63. The van der Waals surface area contributed by atoms with Gasteiger partial charge in [0.2, 0.25) is 0 Å². The van der Waals surface area contributed by atoms with Crippen LogP contribution in [0.3, 0.4) is 0 Å². The summed E-state index contributed by atoms with van der Waals surface area (Å²) in [6.45, 7) is 1.43. The molecule has 1 saturated heterocycles. The fraction of sp³-hybridized carbons (Fsp3) is 0.909. The fourth-order valence-electron chi connectivity index (χ4n) is 2.45. The minimum absolute atomic E-state index is 0.266. The molecule has 1 N–H and O–H groups in total. The molecule has 0 amide bonds. The number of hydrogen-bond donors (Lipinski definition) is 1. The van der Waals surface area contributed by atoms with Crippen LogP contribution >= 0.6 is 0 Å². The van der Waals surface area contributed by atoms with Gasteiger partial charge >= 0.3 is 5.97 Å². The van der Waals surface area contributed by atoms with Crippen LogP contribution in [0.4, 0.5) is 0 Å². The quantitative estimate of drug-likeness (QED) is 0.755. The van der Waals surface area contributed by atoms with Crippen molar-refractivity contribution < 1.29 is 14.6 Å². The van der Waals surface area contributed by atoms with E-state index in [1.807, 2.05) is 7.05 Å². The normalized spacial score (nSPS) is 25.5. The molecule has 4 heteroatoms. The predicted octanol–water partition coefficient (Wildman–Crippen LogP) is 0.960. The lowest BCUT2D eigenvalue weighted by atomic mass is 9.91. The van der Waals surface area contributed by atoms with E-state index >= 15 is 0 Å². The number of carbonyl (C=O) groups is 1. The Morgan fingerprint density at radius 2 is 1.93 bits per heavy atom. The molecule has 2 aliphatic rings. The summed E-state index contributed by atoms with van der Waals surface area (Å²) in [5.74, 6) is -0.404. The second-order valence-electron chi connectivity index (χ2n) is 4.63. The number of aliphatic carboxylic acids is 1. The van der Waals surface area contributed by atoms with Crippen LogP contribution in [0, 0.1) is 5.92 Å². The summed E-state index contributed by atoms with van der Waals surface area (Å²) >= 11 is 0. The van der Waals surface area contributed by atoms with Gasteiger partial charge in [-0.25, -0.2) is 0 Å². The van der Waals surface area contributed by atoms with Crippen molar-refractivity contribution in [2.45, 2.75) is 37.8 Å². The second kappa shape index (κ2) is 4.49. The molecule has 1 aliphatic carbocycles. The van der Waals surface area contributed by atoms with Crippen molar-refractivity contribution in [2.75, 3.05) is 20.3 Å². The maximum absolute atomic E-state index is 11.3. The molecule has 1 saturated carbocycles. The molecule has 2 fully saturated rings. The highest BCUT2D eigenvalue weighted by Gasteiger charge is 2.39. The molecule has 0 radical (unpaired) electrons. The number of nitrogens with zero attached hydrogens (tertiary/aromatic N) is 1. The highest BCUT2D eigenvalue weighted by molar-refractivity contribution is 5.74. The van der Waals surface area contributed by atoms with Gasteiger partial charge in [-0.3, -0.25) is 9.69 Å². The standard InChI is InChI=1S/C11H19NO3/c1-12(9-2-3-9)10(11(13)14)8-4-6-15-7-5-8/h8-10H,2-7H2,1H3,(H,13,14). The van der Waals surface area contributed by atoms with Gasteiger partial charge in [0.15, 0.2) is 0 Å². The molecule has 4 nitrogen and oxygen atoms in total. The van der Waals surface area contributed by atoms with Gasteiger partial charge in [-0.15, -0.1) is 0 Å². The summed E-state index contributed by atoms with van der Waals surface area (Å²) in [7, 11) is 1.95. The van der Waals surface area contributed by atoms with Crippen LogP contribution in [-0.4, -0.2) is 48.3 Å². The van der Waals surface area contributed by atoms with Crippen LogP contribution < -0.4 is 0 Å². The van der Waals surface area contributed by atoms with E-state index in [0.29, 0.717) is 19.3 Å². The van der Waals surface area contributed by atoms with Crippen LogP contribution in [0.1, 0.15) is 25.7 Å². The van der Waals surface area contributed by atoms with Gasteiger partial charge in [0.05, 0.1) is 0 Å². The van der Waals surface area contributed by atoms with E-state index < -0.39 is 5.97 Å². The first-order valence-electron chi connectivity index (χ1n) is 5.72. The summed E-state index contributed by atoms with van der Waals surface area (Å²) in [6.07, 6.45) is 4.08. The Bertz CT molecular complexity index is 234. The highest BCUT2D eigenvalue weighted by Crippen LogP contribution is 2.31. The van der Waals surface area contributed by atoms with Crippen molar-refractivity contribution in [3.8, 4) is 0 Å². The molecular formula is C11H19NO3. The van der Waals surface area contributed by atoms with Crippen molar-refractivity contribution in [3.05, 3.63) is 0 Å². The van der Waals surface area contributed by atoms with E-state index in [-0.39, 0.29) is 12.0 Å². The van der Waals surface area contributed by atoms with Crippen LogP contribution in [0.2, 0.25) is 0 Å². The van der Waals surface area contributed by atoms with Gasteiger partial charge in [-0.05, 0) is 38.6 Å². The summed E-state index contributed by atoms with van der Waals surface area (Å²) in [5, 5.41) is 9.29. The maximum atomic E-state index is 11.3. The Kier molecular flexibility index (Phi) is 3.26. The van der Waals surface area contributed by atoms with Crippen LogP contribution in [0.15, 0.2) is 0 Å². The van der Waals surface area contributed by atoms with E-state index in [2.05, 4.69) is 4.90 Å². The lowest BCUT2D eigenvalue weighted by Gasteiger charge is -2.33. The molecule has 86 valence electrons. The van der Waals surface area contributed by atoms with Crippen LogP contribution in [0.5, 0.6) is 0 Å². The van der Waals surface area contributed by atoms with Gasteiger partial charge < -0.3 is 9.84 Å². The average Bonchev–Trinajstić information content (AvgIpc) is 3.02. The molecule has 1 aliphatic heterocycles. The molecule has 1 heterocycles. The first kappa shape index (κ1) is 10.9. The molecule has 0 bridgehead atoms. The monoisotopic (exact) mass is 213 g/mol. The van der Waals surface area contributed by atoms with E-state index in [0.717, 1.165) is 25.7 Å². The number of carboxylic acid groups (broad SMARTS) is 1.